The van der Waals surface area contributed by atoms with Crippen molar-refractivity contribution in [1.82, 2.24) is 0 Å². The summed E-state index contributed by atoms with van der Waals surface area (Å²) >= 11 is 0. The van der Waals surface area contributed by atoms with Crippen LogP contribution in [-0.2, 0) is 6.42 Å². The van der Waals surface area contributed by atoms with E-state index in [1.165, 1.54) is 18.4 Å². The number of benzene rings is 2. The summed E-state index contributed by atoms with van der Waals surface area (Å²) in [6.07, 6.45) is 3.54. The monoisotopic (exact) mass is 214 g/mol. The summed E-state index contributed by atoms with van der Waals surface area (Å²) in [6, 6.07) is 10.3. The highest BCUT2D eigenvalue weighted by molar-refractivity contribution is 5.98. The molecular weight excluding hydrogens is 196 g/mol. The summed E-state index contributed by atoms with van der Waals surface area (Å²) in [4.78, 5) is 0. The van der Waals surface area contributed by atoms with Crippen LogP contribution in [0.2, 0.25) is 0 Å². The van der Waals surface area contributed by atoms with E-state index < -0.39 is 0 Å². The minimum absolute atomic E-state index is 0.667. The van der Waals surface area contributed by atoms with Crippen LogP contribution in [0.25, 0.3) is 10.8 Å². The molecule has 16 heavy (non-hydrogen) atoms. The predicted octanol–water partition coefficient (Wildman–Crippen LogP) is 3.35. The van der Waals surface area contributed by atoms with Crippen molar-refractivity contribution in [2.75, 3.05) is 11.5 Å². The molecule has 0 aliphatic carbocycles. The maximum Gasteiger partial charge on any atom is 0.0627 e. The first-order valence-electron chi connectivity index (χ1n) is 5.79. The first-order valence-corrected chi connectivity index (χ1v) is 5.79. The molecule has 2 aromatic carbocycles. The topological polar surface area (TPSA) is 52.0 Å². The molecule has 2 rings (SSSR count). The molecule has 0 aliphatic heterocycles. The Bertz CT molecular complexity index is 503. The zero-order valence-corrected chi connectivity index (χ0v) is 9.66. The summed E-state index contributed by atoms with van der Waals surface area (Å²) in [5.74, 6) is 0. The summed E-state index contributed by atoms with van der Waals surface area (Å²) in [6.45, 7) is 2.20. The van der Waals surface area contributed by atoms with Crippen LogP contribution >= 0.6 is 0 Å². The Morgan fingerprint density at radius 2 is 1.81 bits per heavy atom. The second-order valence-electron chi connectivity index (χ2n) is 4.23. The fourth-order valence-corrected chi connectivity index (χ4v) is 1.94. The van der Waals surface area contributed by atoms with Gasteiger partial charge in [0.05, 0.1) is 11.4 Å². The minimum Gasteiger partial charge on any atom is -0.397 e. The van der Waals surface area contributed by atoms with Gasteiger partial charge in [0.15, 0.2) is 0 Å². The molecule has 2 heteroatoms. The van der Waals surface area contributed by atoms with Crippen LogP contribution in [0.5, 0.6) is 0 Å². The lowest BCUT2D eigenvalue weighted by atomic mass is 10.0. The number of nitrogens with two attached hydrogens (primary N) is 2. The number of hydrogen-bond acceptors (Lipinski definition) is 2. The van der Waals surface area contributed by atoms with Gasteiger partial charge in [-0.15, -0.1) is 0 Å². The third-order valence-electron chi connectivity index (χ3n) is 2.98. The Balaban J connectivity index is 2.47. The van der Waals surface area contributed by atoms with E-state index in [-0.39, 0.29) is 0 Å². The Hall–Kier alpha value is -1.70. The van der Waals surface area contributed by atoms with E-state index in [0.717, 1.165) is 17.2 Å². The van der Waals surface area contributed by atoms with Crippen LogP contribution in [0.3, 0.4) is 0 Å². The third-order valence-corrected chi connectivity index (χ3v) is 2.98. The van der Waals surface area contributed by atoms with Crippen molar-refractivity contribution in [3.05, 3.63) is 35.9 Å². The van der Waals surface area contributed by atoms with Crippen molar-refractivity contribution >= 4 is 22.1 Å². The van der Waals surface area contributed by atoms with Gasteiger partial charge in [0.25, 0.3) is 0 Å². The molecule has 0 heterocycles. The molecule has 0 aromatic heterocycles. The molecule has 4 N–H and O–H groups in total. The summed E-state index contributed by atoms with van der Waals surface area (Å²) in [5.41, 5.74) is 14.5. The van der Waals surface area contributed by atoms with Crippen LogP contribution in [0.1, 0.15) is 25.3 Å². The van der Waals surface area contributed by atoms with E-state index in [2.05, 4.69) is 25.1 Å². The number of nitrogen functional groups attached to an aromatic ring is 2. The molecule has 0 atom stereocenters. The molecule has 84 valence electrons. The van der Waals surface area contributed by atoms with Gasteiger partial charge in [-0.1, -0.05) is 31.5 Å². The van der Waals surface area contributed by atoms with Gasteiger partial charge in [0, 0.05) is 5.39 Å². The molecule has 2 aromatic rings. The zero-order valence-electron chi connectivity index (χ0n) is 9.66. The lowest BCUT2D eigenvalue weighted by Gasteiger charge is -2.07. The molecule has 0 bridgehead atoms. The summed E-state index contributed by atoms with van der Waals surface area (Å²) < 4.78 is 0. The van der Waals surface area contributed by atoms with Crippen LogP contribution < -0.4 is 11.5 Å². The molecular formula is C14H18N2. The van der Waals surface area contributed by atoms with E-state index >= 15 is 0 Å². The van der Waals surface area contributed by atoms with Crippen molar-refractivity contribution in [1.29, 1.82) is 0 Å². The first-order chi connectivity index (χ1) is 7.72. The van der Waals surface area contributed by atoms with E-state index in [1.54, 1.807) is 0 Å². The Labute approximate surface area is 96.3 Å². The number of hydrogen-bond donors (Lipinski definition) is 2. The maximum atomic E-state index is 5.99. The average molecular weight is 214 g/mol. The molecule has 0 saturated heterocycles. The van der Waals surface area contributed by atoms with Crippen LogP contribution in [0.4, 0.5) is 11.4 Å². The van der Waals surface area contributed by atoms with Crippen LogP contribution in [-0.4, -0.2) is 0 Å². The van der Waals surface area contributed by atoms with Crippen molar-refractivity contribution in [2.24, 2.45) is 0 Å². The van der Waals surface area contributed by atoms with Gasteiger partial charge >= 0.3 is 0 Å². The Morgan fingerprint density at radius 3 is 2.56 bits per heavy atom. The molecule has 2 nitrogen and oxygen atoms in total. The smallest absolute Gasteiger partial charge is 0.0627 e. The summed E-state index contributed by atoms with van der Waals surface area (Å²) in [5, 5.41) is 2.24. The molecule has 0 spiro atoms. The number of aryl methyl sites for hydroxylation is 1. The van der Waals surface area contributed by atoms with Gasteiger partial charge in [-0.25, -0.2) is 0 Å². The number of anilines is 2. The Kier molecular flexibility index (Phi) is 3.00. The van der Waals surface area contributed by atoms with Crippen LogP contribution in [0, 0.1) is 0 Å². The van der Waals surface area contributed by atoms with Crippen molar-refractivity contribution < 1.29 is 0 Å². The first kappa shape index (κ1) is 10.8. The molecule has 0 unspecified atom stereocenters. The normalized spacial score (nSPS) is 10.8. The fourth-order valence-electron chi connectivity index (χ4n) is 1.94. The fraction of sp³-hybridized carbons (Fsp3) is 0.286. The Morgan fingerprint density at radius 1 is 1.06 bits per heavy atom. The van der Waals surface area contributed by atoms with Gasteiger partial charge in [-0.2, -0.15) is 0 Å². The second-order valence-corrected chi connectivity index (χ2v) is 4.23. The molecule has 0 amide bonds. The number of unbranched alkanes of at least 4 members (excludes halogenated alkanes) is 1. The lowest BCUT2D eigenvalue weighted by molar-refractivity contribution is 0.796. The van der Waals surface area contributed by atoms with Crippen molar-refractivity contribution in [2.45, 2.75) is 26.2 Å². The highest BCUT2D eigenvalue weighted by Crippen LogP contribution is 2.27. The quantitative estimate of drug-likeness (QED) is 0.770. The highest BCUT2D eigenvalue weighted by atomic mass is 14.7. The van der Waals surface area contributed by atoms with Gasteiger partial charge in [0.1, 0.15) is 0 Å². The molecule has 0 saturated carbocycles. The number of fused-ring (bicyclic) bond motifs is 1. The van der Waals surface area contributed by atoms with Crippen LogP contribution in [0.15, 0.2) is 30.3 Å². The maximum absolute atomic E-state index is 5.99. The van der Waals surface area contributed by atoms with E-state index in [1.807, 2.05) is 12.1 Å². The standard InChI is InChI=1S/C14H18N2/c1-2-3-4-10-5-6-11-7-8-13(15)14(16)12(11)9-10/h5-9H,2-4,15-16H2,1H3. The third kappa shape index (κ3) is 1.96. The predicted molar refractivity (Wildman–Crippen MR) is 71.4 cm³/mol. The number of rotatable bonds is 3. The second kappa shape index (κ2) is 4.44. The van der Waals surface area contributed by atoms with E-state index in [4.69, 9.17) is 11.5 Å². The van der Waals surface area contributed by atoms with Crippen molar-refractivity contribution in [3.63, 3.8) is 0 Å². The van der Waals surface area contributed by atoms with Gasteiger partial charge in [-0.05, 0) is 35.9 Å². The highest BCUT2D eigenvalue weighted by Gasteiger charge is 2.02. The van der Waals surface area contributed by atoms with E-state index in [0.29, 0.717) is 11.4 Å². The lowest BCUT2D eigenvalue weighted by Crippen LogP contribution is -1.96. The van der Waals surface area contributed by atoms with Gasteiger partial charge in [0.2, 0.25) is 0 Å². The van der Waals surface area contributed by atoms with Gasteiger partial charge < -0.3 is 11.5 Å². The molecule has 0 fully saturated rings. The minimum atomic E-state index is 0.667. The van der Waals surface area contributed by atoms with Gasteiger partial charge in [-0.3, -0.25) is 0 Å². The SMILES string of the molecule is CCCCc1ccc2ccc(N)c(N)c2c1. The van der Waals surface area contributed by atoms with E-state index in [9.17, 15) is 0 Å². The average Bonchev–Trinajstić information content (AvgIpc) is 2.31. The molecule has 0 aliphatic rings. The van der Waals surface area contributed by atoms with Crippen molar-refractivity contribution in [3.8, 4) is 0 Å². The largest absolute Gasteiger partial charge is 0.397 e. The molecule has 0 radical (unpaired) electrons. The zero-order chi connectivity index (χ0) is 11.5. The summed E-state index contributed by atoms with van der Waals surface area (Å²) in [7, 11) is 0.